The molecule has 2 aromatic rings. The summed E-state index contributed by atoms with van der Waals surface area (Å²) in [6.07, 6.45) is 2.99. The lowest BCUT2D eigenvalue weighted by molar-refractivity contribution is -0.119. The van der Waals surface area contributed by atoms with Crippen molar-refractivity contribution >= 4 is 51.7 Å². The van der Waals surface area contributed by atoms with Gasteiger partial charge in [-0.2, -0.15) is 0 Å². The summed E-state index contributed by atoms with van der Waals surface area (Å²) in [6.45, 7) is 13.6. The van der Waals surface area contributed by atoms with Crippen LogP contribution in [-0.2, 0) is 31.7 Å². The molecule has 8 heteroatoms. The Bertz CT molecular complexity index is 1150. The van der Waals surface area contributed by atoms with E-state index in [1.54, 1.807) is 0 Å². The number of benzene rings is 2. The van der Waals surface area contributed by atoms with E-state index in [4.69, 9.17) is 9.31 Å². The van der Waals surface area contributed by atoms with Crippen LogP contribution in [0.1, 0.15) is 65.5 Å². The van der Waals surface area contributed by atoms with Crippen LogP contribution in [0.3, 0.4) is 0 Å². The predicted octanol–water partition coefficient (Wildman–Crippen LogP) is 5.03. The smallest absolute Gasteiger partial charge is 0.399 e. The summed E-state index contributed by atoms with van der Waals surface area (Å²) >= 11 is 3.44. The average Bonchev–Trinajstić information content (AvgIpc) is 3.51. The second-order valence-corrected chi connectivity index (χ2v) is 11.5. The van der Waals surface area contributed by atoms with Crippen molar-refractivity contribution in [2.24, 2.45) is 0 Å². The highest BCUT2D eigenvalue weighted by Gasteiger charge is 2.51. The van der Waals surface area contributed by atoms with Gasteiger partial charge in [0.25, 0.3) is 0 Å². The van der Waals surface area contributed by atoms with Gasteiger partial charge >= 0.3 is 7.12 Å². The van der Waals surface area contributed by atoms with Gasteiger partial charge in [0.05, 0.1) is 11.2 Å². The number of carbonyl (C=O) groups excluding carboxylic acids is 2. The molecule has 6 nitrogen and oxygen atoms in total. The van der Waals surface area contributed by atoms with E-state index in [9.17, 15) is 9.59 Å². The first-order valence-corrected chi connectivity index (χ1v) is 13.6. The zero-order valence-electron chi connectivity index (χ0n) is 22.2. The molecule has 0 aliphatic carbocycles. The average molecular weight is 555 g/mol. The van der Waals surface area contributed by atoms with Gasteiger partial charge in [-0.1, -0.05) is 41.9 Å². The zero-order chi connectivity index (χ0) is 26.3. The first kappa shape index (κ1) is 26.9. The Labute approximate surface area is 223 Å². The third-order valence-electron chi connectivity index (χ3n) is 7.67. The summed E-state index contributed by atoms with van der Waals surface area (Å²) in [6, 6.07) is 12.3. The fourth-order valence-electron chi connectivity index (χ4n) is 4.82. The largest absolute Gasteiger partial charge is 0.494 e. The van der Waals surface area contributed by atoms with Crippen molar-refractivity contribution in [3.63, 3.8) is 0 Å². The SMILES string of the molecule is CCC(=O)N1CCc2cc(B3OC(C)(C)C(C)(C)O3)ccc21.CCC(=O)N1CCc2cc(Br)ccc21. The number of hydrogen-bond acceptors (Lipinski definition) is 4. The molecule has 192 valence electrons. The molecule has 0 bridgehead atoms. The van der Waals surface area contributed by atoms with Crippen LogP contribution < -0.4 is 15.3 Å². The van der Waals surface area contributed by atoms with Crippen molar-refractivity contribution in [1.29, 1.82) is 0 Å². The van der Waals surface area contributed by atoms with E-state index in [0.717, 1.165) is 47.2 Å². The molecule has 0 spiro atoms. The van der Waals surface area contributed by atoms with Crippen LogP contribution in [0.15, 0.2) is 40.9 Å². The number of hydrogen-bond donors (Lipinski definition) is 0. The lowest BCUT2D eigenvalue weighted by atomic mass is 9.78. The Hall–Kier alpha value is -2.16. The number of anilines is 2. The quantitative estimate of drug-likeness (QED) is 0.499. The van der Waals surface area contributed by atoms with Crippen molar-refractivity contribution < 1.29 is 18.9 Å². The van der Waals surface area contributed by atoms with Gasteiger partial charge in [0.1, 0.15) is 0 Å². The van der Waals surface area contributed by atoms with Gasteiger partial charge in [-0.3, -0.25) is 9.59 Å². The predicted molar refractivity (Wildman–Crippen MR) is 149 cm³/mol. The molecule has 5 rings (SSSR count). The third kappa shape index (κ3) is 5.13. The van der Waals surface area contributed by atoms with Gasteiger partial charge in [-0.05, 0) is 81.4 Å². The molecule has 1 saturated heterocycles. The molecule has 0 atom stereocenters. The highest BCUT2D eigenvalue weighted by molar-refractivity contribution is 9.10. The molecular formula is C28H36BBrN2O4. The van der Waals surface area contributed by atoms with Gasteiger partial charge < -0.3 is 19.1 Å². The van der Waals surface area contributed by atoms with Gasteiger partial charge in [0.15, 0.2) is 0 Å². The fourth-order valence-corrected chi connectivity index (χ4v) is 5.23. The van der Waals surface area contributed by atoms with Crippen LogP contribution in [0, 0.1) is 0 Å². The number of halogens is 1. The molecule has 0 N–H and O–H groups in total. The van der Waals surface area contributed by atoms with Crippen molar-refractivity contribution in [3.05, 3.63) is 52.0 Å². The molecule has 0 aromatic heterocycles. The van der Waals surface area contributed by atoms with Crippen LogP contribution in [0.4, 0.5) is 11.4 Å². The summed E-state index contributed by atoms with van der Waals surface area (Å²) in [5.74, 6) is 0.396. The number of nitrogens with zero attached hydrogens (tertiary/aromatic N) is 2. The number of amides is 2. The molecule has 0 unspecified atom stereocenters. The topological polar surface area (TPSA) is 59.1 Å². The number of fused-ring (bicyclic) bond motifs is 2. The van der Waals surface area contributed by atoms with Gasteiger partial charge in [-0.15, -0.1) is 0 Å². The van der Waals surface area contributed by atoms with Crippen LogP contribution in [0.2, 0.25) is 0 Å². The van der Waals surface area contributed by atoms with E-state index in [1.165, 1.54) is 11.1 Å². The molecule has 3 heterocycles. The van der Waals surface area contributed by atoms with Crippen LogP contribution in [-0.4, -0.2) is 43.2 Å². The van der Waals surface area contributed by atoms with Crippen molar-refractivity contribution in [2.75, 3.05) is 22.9 Å². The Morgan fingerprint density at radius 2 is 1.31 bits per heavy atom. The molecule has 2 aromatic carbocycles. The van der Waals surface area contributed by atoms with E-state index in [2.05, 4.69) is 55.8 Å². The van der Waals surface area contributed by atoms with Crippen LogP contribution >= 0.6 is 15.9 Å². The van der Waals surface area contributed by atoms with Crippen molar-refractivity contribution in [2.45, 2.75) is 78.4 Å². The van der Waals surface area contributed by atoms with Gasteiger partial charge in [0, 0.05) is 41.8 Å². The first-order chi connectivity index (χ1) is 17.0. The number of rotatable bonds is 3. The second kappa shape index (κ2) is 10.3. The fraction of sp³-hybridized carbons (Fsp3) is 0.500. The highest BCUT2D eigenvalue weighted by Crippen LogP contribution is 2.37. The minimum atomic E-state index is -0.341. The molecule has 2 amide bonds. The van der Waals surface area contributed by atoms with Crippen LogP contribution in [0.5, 0.6) is 0 Å². The Morgan fingerprint density at radius 3 is 1.81 bits per heavy atom. The molecule has 3 aliphatic heterocycles. The van der Waals surface area contributed by atoms with Gasteiger partial charge in [-0.25, -0.2) is 0 Å². The molecule has 0 radical (unpaired) electrons. The van der Waals surface area contributed by atoms with E-state index in [0.29, 0.717) is 12.8 Å². The van der Waals surface area contributed by atoms with Crippen molar-refractivity contribution in [1.82, 2.24) is 0 Å². The normalized spacial score (nSPS) is 19.0. The maximum absolute atomic E-state index is 12.0. The minimum Gasteiger partial charge on any atom is -0.399 e. The monoisotopic (exact) mass is 554 g/mol. The minimum absolute atomic E-state index is 0.183. The van der Waals surface area contributed by atoms with Crippen molar-refractivity contribution in [3.8, 4) is 0 Å². The van der Waals surface area contributed by atoms with Gasteiger partial charge in [0.2, 0.25) is 11.8 Å². The maximum atomic E-state index is 12.0. The zero-order valence-corrected chi connectivity index (χ0v) is 23.8. The number of carbonyl (C=O) groups is 2. The Morgan fingerprint density at radius 1 is 0.833 bits per heavy atom. The molecule has 3 aliphatic rings. The van der Waals surface area contributed by atoms with E-state index in [-0.39, 0.29) is 30.1 Å². The molecule has 36 heavy (non-hydrogen) atoms. The Balaban J connectivity index is 0.000000187. The molecule has 1 fully saturated rings. The lowest BCUT2D eigenvalue weighted by Crippen LogP contribution is -2.41. The standard InChI is InChI=1S/C17H24BNO3.C11H12BrNO/c1-6-15(20)19-10-9-12-11-13(7-8-14(12)19)18-21-16(2,3)17(4,5)22-18;1-2-11(14)13-6-5-8-7-9(12)3-4-10(8)13/h7-8,11H,6,9-10H2,1-5H3;3-4,7H,2,5-6H2,1H3. The highest BCUT2D eigenvalue weighted by atomic mass is 79.9. The van der Waals surface area contributed by atoms with E-state index >= 15 is 0 Å². The molecular weight excluding hydrogens is 519 g/mol. The van der Waals surface area contributed by atoms with E-state index < -0.39 is 0 Å². The summed E-state index contributed by atoms with van der Waals surface area (Å²) in [5.41, 5.74) is 4.95. The second-order valence-electron chi connectivity index (χ2n) is 10.5. The Kier molecular flexibility index (Phi) is 7.70. The first-order valence-electron chi connectivity index (χ1n) is 12.8. The lowest BCUT2D eigenvalue weighted by Gasteiger charge is -2.32. The summed E-state index contributed by atoms with van der Waals surface area (Å²) < 4.78 is 13.3. The summed E-state index contributed by atoms with van der Waals surface area (Å²) in [5, 5.41) is 0. The van der Waals surface area contributed by atoms with Crippen LogP contribution in [0.25, 0.3) is 0 Å². The summed E-state index contributed by atoms with van der Waals surface area (Å²) in [7, 11) is -0.341. The molecule has 0 saturated carbocycles. The van der Waals surface area contributed by atoms with E-state index in [1.807, 2.05) is 47.9 Å². The maximum Gasteiger partial charge on any atom is 0.494 e. The third-order valence-corrected chi connectivity index (χ3v) is 8.16. The summed E-state index contributed by atoms with van der Waals surface area (Å²) in [4.78, 5) is 27.3.